The number of imide groups is 2. The normalized spacial score (nSPS) is 19.2. The molecule has 1 saturated heterocycles. The van der Waals surface area contributed by atoms with E-state index < -0.39 is 29.7 Å². The Morgan fingerprint density at radius 1 is 0.778 bits per heavy atom. The van der Waals surface area contributed by atoms with E-state index in [0.717, 1.165) is 47.0 Å². The largest absolute Gasteiger partial charge is 0.491 e. The Morgan fingerprint density at radius 2 is 1.43 bits per heavy atom. The smallest absolute Gasteiger partial charge is 0.266 e. The topological polar surface area (TPSA) is 181 Å². The highest BCUT2D eigenvalue weighted by Gasteiger charge is 2.46. The molecule has 0 spiro atoms. The second-order valence-electron chi connectivity index (χ2n) is 15.7. The molecule has 1 aliphatic carbocycles. The van der Waals surface area contributed by atoms with Gasteiger partial charge in [-0.2, -0.15) is 0 Å². The fraction of sp³-hybridized carbons (Fsp3) is 0.447. The van der Waals surface area contributed by atoms with Crippen LogP contribution in [0.2, 0.25) is 0 Å². The molecular formula is C47H53FN4O11. The van der Waals surface area contributed by atoms with E-state index in [1.807, 2.05) is 37.3 Å². The number of carbonyl (C=O) groups excluding carboxylic acids is 5. The summed E-state index contributed by atoms with van der Waals surface area (Å²) in [5.74, 6) is -1.23. The Hall–Kier alpha value is -5.81. The number of piperidine rings is 1. The van der Waals surface area contributed by atoms with Gasteiger partial charge in [-0.3, -0.25) is 39.2 Å². The maximum atomic E-state index is 14.0. The molecule has 2 atom stereocenters. The molecule has 1 saturated carbocycles. The zero-order valence-corrected chi connectivity index (χ0v) is 35.3. The van der Waals surface area contributed by atoms with Crippen LogP contribution in [0.15, 0.2) is 72.9 Å². The van der Waals surface area contributed by atoms with Crippen molar-refractivity contribution in [3.05, 3.63) is 95.4 Å². The molecule has 16 heteroatoms. The number of benzene rings is 3. The second kappa shape index (κ2) is 22.0. The summed E-state index contributed by atoms with van der Waals surface area (Å²) in [4.78, 5) is 68.4. The summed E-state index contributed by atoms with van der Waals surface area (Å²) in [7, 11) is 0. The third kappa shape index (κ3) is 11.6. The number of rotatable bonds is 22. The van der Waals surface area contributed by atoms with Gasteiger partial charge in [-0.05, 0) is 110 Å². The van der Waals surface area contributed by atoms with Crippen LogP contribution in [-0.4, -0.2) is 112 Å². The molecule has 3 heterocycles. The molecule has 5 amide bonds. The van der Waals surface area contributed by atoms with Gasteiger partial charge < -0.3 is 33.7 Å². The number of hydrogen-bond donors (Lipinski definition) is 2. The SMILES string of the molecule is C[C@@H](C(=O)Nc1ccc(OCCOCCOCCOCCOCCOc2cccc3c2C(=O)N(C2CCC(=O)NC2=O)C3=O)cc1)C1CCC(c2ccnc3ccc(F)cc23)CC1. The van der Waals surface area contributed by atoms with Crippen LogP contribution in [-0.2, 0) is 33.3 Å². The first-order valence-electron chi connectivity index (χ1n) is 21.5. The van der Waals surface area contributed by atoms with Gasteiger partial charge in [-0.1, -0.05) is 13.0 Å². The van der Waals surface area contributed by atoms with Gasteiger partial charge in [0, 0.05) is 29.6 Å². The van der Waals surface area contributed by atoms with E-state index in [9.17, 15) is 28.4 Å². The van der Waals surface area contributed by atoms with Crippen LogP contribution < -0.4 is 20.1 Å². The van der Waals surface area contributed by atoms with Crippen molar-refractivity contribution in [3.63, 3.8) is 0 Å². The van der Waals surface area contributed by atoms with Crippen LogP contribution >= 0.6 is 0 Å². The van der Waals surface area contributed by atoms with Gasteiger partial charge in [0.2, 0.25) is 17.7 Å². The number of pyridine rings is 1. The number of hydrogen-bond acceptors (Lipinski definition) is 12. The van der Waals surface area contributed by atoms with Crippen molar-refractivity contribution in [2.75, 3.05) is 71.4 Å². The van der Waals surface area contributed by atoms with Gasteiger partial charge in [0.15, 0.2) is 0 Å². The summed E-state index contributed by atoms with van der Waals surface area (Å²) < 4.78 is 47.8. The minimum absolute atomic E-state index is 0.00304. The zero-order valence-electron chi connectivity index (χ0n) is 35.3. The fourth-order valence-corrected chi connectivity index (χ4v) is 8.33. The fourth-order valence-electron chi connectivity index (χ4n) is 8.33. The predicted octanol–water partition coefficient (Wildman–Crippen LogP) is 5.85. The lowest BCUT2D eigenvalue weighted by atomic mass is 9.73. The second-order valence-corrected chi connectivity index (χ2v) is 15.7. The lowest BCUT2D eigenvalue weighted by molar-refractivity contribution is -0.136. The number of aromatic nitrogens is 1. The minimum atomic E-state index is -1.05. The Kier molecular flexibility index (Phi) is 15.8. The number of ether oxygens (including phenoxy) is 6. The molecule has 2 aliphatic heterocycles. The summed E-state index contributed by atoms with van der Waals surface area (Å²) in [5.41, 5.74) is 2.90. The number of halogens is 1. The third-order valence-corrected chi connectivity index (χ3v) is 11.7. The Morgan fingerprint density at radius 3 is 2.10 bits per heavy atom. The van der Waals surface area contributed by atoms with Crippen LogP contribution in [0.3, 0.4) is 0 Å². The third-order valence-electron chi connectivity index (χ3n) is 11.7. The maximum Gasteiger partial charge on any atom is 0.266 e. The Labute approximate surface area is 364 Å². The quantitative estimate of drug-likeness (QED) is 0.0712. The predicted molar refractivity (Wildman–Crippen MR) is 228 cm³/mol. The van der Waals surface area contributed by atoms with Gasteiger partial charge >= 0.3 is 0 Å². The van der Waals surface area contributed by atoms with E-state index >= 15 is 0 Å². The highest BCUT2D eigenvalue weighted by Crippen LogP contribution is 2.41. The van der Waals surface area contributed by atoms with E-state index in [1.54, 1.807) is 30.5 Å². The first-order valence-corrected chi connectivity index (χ1v) is 21.5. The molecule has 3 aromatic carbocycles. The minimum Gasteiger partial charge on any atom is -0.491 e. The maximum absolute atomic E-state index is 14.0. The average molecular weight is 869 g/mol. The summed E-state index contributed by atoms with van der Waals surface area (Å²) in [6, 6.07) is 17.7. The standard InChI is InChI=1S/C47H53FN4O11/c1-30(31-5-7-32(8-6-31)36-17-18-49-39-14-9-33(48)29-38(36)39)44(54)50-34-10-12-35(13-11-34)62-27-25-60-23-21-58-19-20-59-22-24-61-26-28-63-41-4-2-3-37-43(41)47(57)52(46(37)56)40-15-16-42(53)51-45(40)55/h2-4,9-14,17-18,29-32,40H,5-8,15-16,19-28H2,1H3,(H,50,54)(H,51,53,55)/t30-,31?,32?,40?/m1/s1. The highest BCUT2D eigenvalue weighted by atomic mass is 19.1. The molecule has 1 aromatic heterocycles. The molecule has 2 N–H and O–H groups in total. The molecule has 0 radical (unpaired) electrons. The van der Waals surface area contributed by atoms with Crippen molar-refractivity contribution in [1.29, 1.82) is 0 Å². The molecule has 15 nitrogen and oxygen atoms in total. The number of nitrogens with zero attached hydrogens (tertiary/aromatic N) is 2. The number of fused-ring (bicyclic) bond motifs is 2. The van der Waals surface area contributed by atoms with E-state index in [4.69, 9.17) is 28.4 Å². The van der Waals surface area contributed by atoms with Gasteiger partial charge in [0.1, 0.15) is 36.6 Å². The number of nitrogens with one attached hydrogen (secondary N) is 2. The number of anilines is 1. The molecule has 63 heavy (non-hydrogen) atoms. The first kappa shape index (κ1) is 45.2. The van der Waals surface area contributed by atoms with Crippen molar-refractivity contribution < 1.29 is 56.8 Å². The van der Waals surface area contributed by atoms with Crippen molar-refractivity contribution in [3.8, 4) is 11.5 Å². The summed E-state index contributed by atoms with van der Waals surface area (Å²) in [5, 5.41) is 6.11. The van der Waals surface area contributed by atoms with Crippen molar-refractivity contribution >= 4 is 46.1 Å². The molecule has 1 unspecified atom stereocenters. The van der Waals surface area contributed by atoms with E-state index in [2.05, 4.69) is 15.6 Å². The van der Waals surface area contributed by atoms with Gasteiger partial charge in [-0.15, -0.1) is 0 Å². The van der Waals surface area contributed by atoms with E-state index in [0.29, 0.717) is 70.2 Å². The van der Waals surface area contributed by atoms with Crippen LogP contribution in [0, 0.1) is 17.7 Å². The highest BCUT2D eigenvalue weighted by molar-refractivity contribution is 6.24. The molecule has 334 valence electrons. The lowest BCUT2D eigenvalue weighted by Crippen LogP contribution is -2.54. The molecule has 4 aromatic rings. The lowest BCUT2D eigenvalue weighted by Gasteiger charge is -2.32. The zero-order chi connectivity index (χ0) is 44.1. The average Bonchev–Trinajstić information content (AvgIpc) is 3.55. The van der Waals surface area contributed by atoms with Gasteiger partial charge in [-0.25, -0.2) is 4.39 Å². The van der Waals surface area contributed by atoms with E-state index in [1.165, 1.54) is 12.1 Å². The van der Waals surface area contributed by atoms with Crippen LogP contribution in [0.4, 0.5) is 10.1 Å². The first-order chi connectivity index (χ1) is 30.7. The molecule has 2 fully saturated rings. The molecular weight excluding hydrogens is 816 g/mol. The summed E-state index contributed by atoms with van der Waals surface area (Å²) in [6.07, 6.45) is 5.68. The molecule has 3 aliphatic rings. The van der Waals surface area contributed by atoms with Gasteiger partial charge in [0.25, 0.3) is 11.8 Å². The Balaban J connectivity index is 0.678. The van der Waals surface area contributed by atoms with Crippen molar-refractivity contribution in [2.24, 2.45) is 11.8 Å². The van der Waals surface area contributed by atoms with Crippen molar-refractivity contribution in [2.45, 2.75) is 57.4 Å². The van der Waals surface area contributed by atoms with Crippen molar-refractivity contribution in [1.82, 2.24) is 15.2 Å². The number of carbonyl (C=O) groups is 5. The Bertz CT molecular complexity index is 2250. The van der Waals surface area contributed by atoms with E-state index in [-0.39, 0.29) is 66.5 Å². The number of amides is 5. The van der Waals surface area contributed by atoms with Gasteiger partial charge in [0.05, 0.1) is 69.5 Å². The summed E-state index contributed by atoms with van der Waals surface area (Å²) in [6.45, 7) is 5.30. The molecule has 0 bridgehead atoms. The monoisotopic (exact) mass is 868 g/mol. The molecule has 7 rings (SSSR count). The van der Waals surface area contributed by atoms with Crippen LogP contribution in [0.25, 0.3) is 10.9 Å². The van der Waals surface area contributed by atoms with Crippen LogP contribution in [0.5, 0.6) is 11.5 Å². The van der Waals surface area contributed by atoms with Crippen LogP contribution in [0.1, 0.15) is 77.6 Å². The summed E-state index contributed by atoms with van der Waals surface area (Å²) >= 11 is 0.